The van der Waals surface area contributed by atoms with Gasteiger partial charge in [0, 0.05) is 20.0 Å². The van der Waals surface area contributed by atoms with Gasteiger partial charge in [-0.3, -0.25) is 14.4 Å². The highest BCUT2D eigenvalue weighted by molar-refractivity contribution is 5.80. The summed E-state index contributed by atoms with van der Waals surface area (Å²) in [5.74, 6) is 1.71. The molecule has 4 aliphatic carbocycles. The molecule has 0 radical (unpaired) electrons. The van der Waals surface area contributed by atoms with Gasteiger partial charge in [0.2, 0.25) is 5.91 Å². The van der Waals surface area contributed by atoms with Crippen LogP contribution in [0, 0.1) is 23.2 Å². The Labute approximate surface area is 143 Å². The largest absolute Gasteiger partial charge is 0.456 e. The Morgan fingerprint density at radius 1 is 1.00 bits per heavy atom. The molecule has 0 unspecified atom stereocenters. The maximum atomic E-state index is 12.0. The SMILES string of the molecule is CC(=O)NCCC(=O)OCC(=O)NCC12CC3CC(CC(C3)C1)C2. The number of esters is 1. The molecule has 2 N–H and O–H groups in total. The van der Waals surface area contributed by atoms with Gasteiger partial charge in [-0.05, 0) is 61.7 Å². The van der Waals surface area contributed by atoms with Gasteiger partial charge in [0.1, 0.15) is 0 Å². The van der Waals surface area contributed by atoms with Crippen LogP contribution >= 0.6 is 0 Å². The number of carbonyl (C=O) groups excluding carboxylic acids is 3. The lowest BCUT2D eigenvalue weighted by atomic mass is 9.49. The summed E-state index contributed by atoms with van der Waals surface area (Å²) in [6, 6.07) is 0. The van der Waals surface area contributed by atoms with E-state index in [-0.39, 0.29) is 31.4 Å². The molecule has 0 aromatic carbocycles. The van der Waals surface area contributed by atoms with Crippen LogP contribution in [-0.4, -0.2) is 37.5 Å². The maximum Gasteiger partial charge on any atom is 0.308 e. The molecule has 0 spiro atoms. The first kappa shape index (κ1) is 17.2. The standard InChI is InChI=1S/C18H28N2O4/c1-12(21)19-3-2-17(23)24-10-16(22)20-11-18-7-13-4-14(8-18)6-15(5-13)9-18/h13-15H,2-11H2,1H3,(H,19,21)(H,20,22). The zero-order chi connectivity index (χ0) is 17.2. The number of amides is 2. The fourth-order valence-corrected chi connectivity index (χ4v) is 5.40. The number of hydrogen-bond acceptors (Lipinski definition) is 4. The van der Waals surface area contributed by atoms with Crippen LogP contribution in [0.1, 0.15) is 51.9 Å². The van der Waals surface area contributed by atoms with Gasteiger partial charge >= 0.3 is 5.97 Å². The third-order valence-electron chi connectivity index (χ3n) is 5.89. The van der Waals surface area contributed by atoms with E-state index < -0.39 is 5.97 Å². The van der Waals surface area contributed by atoms with E-state index in [1.807, 2.05) is 0 Å². The van der Waals surface area contributed by atoms with Gasteiger partial charge in [0.25, 0.3) is 5.91 Å². The van der Waals surface area contributed by atoms with Crippen molar-refractivity contribution in [2.45, 2.75) is 51.9 Å². The fourth-order valence-electron chi connectivity index (χ4n) is 5.40. The molecule has 6 nitrogen and oxygen atoms in total. The lowest BCUT2D eigenvalue weighted by Gasteiger charge is -2.56. The first-order valence-corrected chi connectivity index (χ1v) is 9.11. The predicted octanol–water partition coefficient (Wildman–Crippen LogP) is 1.39. The Hall–Kier alpha value is -1.59. The van der Waals surface area contributed by atoms with Crippen LogP contribution in [0.15, 0.2) is 0 Å². The molecule has 4 aliphatic rings. The second-order valence-corrected chi connectivity index (χ2v) is 8.09. The zero-order valence-electron chi connectivity index (χ0n) is 14.4. The average Bonchev–Trinajstić information content (AvgIpc) is 2.49. The molecule has 0 aromatic rings. The Morgan fingerprint density at radius 3 is 2.12 bits per heavy atom. The monoisotopic (exact) mass is 336 g/mol. The second kappa shape index (κ2) is 7.11. The molecule has 0 aromatic heterocycles. The fraction of sp³-hybridized carbons (Fsp3) is 0.833. The van der Waals surface area contributed by atoms with Crippen LogP contribution in [0.4, 0.5) is 0 Å². The summed E-state index contributed by atoms with van der Waals surface area (Å²) in [5, 5.41) is 5.51. The number of hydrogen-bond donors (Lipinski definition) is 2. The van der Waals surface area contributed by atoms with Gasteiger partial charge < -0.3 is 15.4 Å². The van der Waals surface area contributed by atoms with Gasteiger partial charge in [-0.15, -0.1) is 0 Å². The van der Waals surface area contributed by atoms with E-state index in [0.717, 1.165) is 24.3 Å². The lowest BCUT2D eigenvalue weighted by Crippen LogP contribution is -2.51. The van der Waals surface area contributed by atoms with E-state index in [1.165, 1.54) is 45.4 Å². The molecule has 4 fully saturated rings. The number of nitrogens with one attached hydrogen (secondary N) is 2. The van der Waals surface area contributed by atoms with Gasteiger partial charge in [0.15, 0.2) is 6.61 Å². The molecule has 6 heteroatoms. The second-order valence-electron chi connectivity index (χ2n) is 8.09. The molecule has 4 rings (SSSR count). The molecule has 4 saturated carbocycles. The minimum absolute atomic E-state index is 0.0852. The van der Waals surface area contributed by atoms with Crippen molar-refractivity contribution in [1.82, 2.24) is 10.6 Å². The Bertz CT molecular complexity index is 482. The molecule has 0 heterocycles. The molecule has 2 amide bonds. The van der Waals surface area contributed by atoms with E-state index in [4.69, 9.17) is 4.74 Å². The summed E-state index contributed by atoms with van der Waals surface area (Å²) < 4.78 is 4.95. The molecule has 24 heavy (non-hydrogen) atoms. The molecule has 0 saturated heterocycles. The molecule has 134 valence electrons. The topological polar surface area (TPSA) is 84.5 Å². The summed E-state index contributed by atoms with van der Waals surface area (Å²) in [6.45, 7) is 2.12. The highest BCUT2D eigenvalue weighted by atomic mass is 16.5. The van der Waals surface area contributed by atoms with Crippen LogP contribution in [0.5, 0.6) is 0 Å². The van der Waals surface area contributed by atoms with Crippen molar-refractivity contribution in [3.05, 3.63) is 0 Å². The summed E-state index contributed by atoms with van der Waals surface area (Å²) in [5.41, 5.74) is 0.291. The Balaban J connectivity index is 1.35. The Kier molecular flexibility index (Phi) is 5.11. The van der Waals surface area contributed by atoms with Gasteiger partial charge in [-0.1, -0.05) is 0 Å². The molecular weight excluding hydrogens is 308 g/mol. The van der Waals surface area contributed by atoms with Gasteiger partial charge in [-0.25, -0.2) is 0 Å². The quantitative estimate of drug-likeness (QED) is 0.688. The van der Waals surface area contributed by atoms with Crippen LogP contribution in [0.2, 0.25) is 0 Å². The van der Waals surface area contributed by atoms with E-state index in [1.54, 1.807) is 0 Å². The number of carbonyl (C=O) groups is 3. The van der Waals surface area contributed by atoms with E-state index >= 15 is 0 Å². The third kappa shape index (κ3) is 4.28. The summed E-state index contributed by atoms with van der Waals surface area (Å²) >= 11 is 0. The number of ether oxygens (including phenoxy) is 1. The van der Waals surface area contributed by atoms with E-state index in [2.05, 4.69) is 10.6 Å². The first-order chi connectivity index (χ1) is 11.4. The average molecular weight is 336 g/mol. The van der Waals surface area contributed by atoms with Crippen molar-refractivity contribution in [1.29, 1.82) is 0 Å². The molecule has 4 bridgehead atoms. The van der Waals surface area contributed by atoms with Crippen molar-refractivity contribution in [3.8, 4) is 0 Å². The van der Waals surface area contributed by atoms with Crippen molar-refractivity contribution in [2.24, 2.45) is 23.2 Å². The normalized spacial score (nSPS) is 33.1. The predicted molar refractivity (Wildman–Crippen MR) is 87.9 cm³/mol. The van der Waals surface area contributed by atoms with Crippen LogP contribution in [-0.2, 0) is 19.1 Å². The highest BCUT2D eigenvalue weighted by Crippen LogP contribution is 2.59. The Morgan fingerprint density at radius 2 is 1.58 bits per heavy atom. The van der Waals surface area contributed by atoms with Crippen LogP contribution < -0.4 is 10.6 Å². The smallest absolute Gasteiger partial charge is 0.308 e. The van der Waals surface area contributed by atoms with Crippen molar-refractivity contribution >= 4 is 17.8 Å². The first-order valence-electron chi connectivity index (χ1n) is 9.11. The molecule has 0 atom stereocenters. The van der Waals surface area contributed by atoms with Crippen LogP contribution in [0.25, 0.3) is 0 Å². The van der Waals surface area contributed by atoms with Crippen molar-refractivity contribution in [3.63, 3.8) is 0 Å². The third-order valence-corrected chi connectivity index (χ3v) is 5.89. The van der Waals surface area contributed by atoms with E-state index in [0.29, 0.717) is 5.41 Å². The van der Waals surface area contributed by atoms with Crippen molar-refractivity contribution < 1.29 is 19.1 Å². The number of rotatable bonds is 7. The van der Waals surface area contributed by atoms with Crippen molar-refractivity contribution in [2.75, 3.05) is 19.7 Å². The molecule has 0 aliphatic heterocycles. The minimum Gasteiger partial charge on any atom is -0.456 e. The van der Waals surface area contributed by atoms with E-state index in [9.17, 15) is 14.4 Å². The maximum absolute atomic E-state index is 12.0. The summed E-state index contributed by atoms with van der Waals surface area (Å²) in [6.07, 6.45) is 7.99. The summed E-state index contributed by atoms with van der Waals surface area (Å²) in [4.78, 5) is 34.2. The zero-order valence-corrected chi connectivity index (χ0v) is 14.4. The van der Waals surface area contributed by atoms with Gasteiger partial charge in [-0.2, -0.15) is 0 Å². The lowest BCUT2D eigenvalue weighted by molar-refractivity contribution is -0.148. The minimum atomic E-state index is -0.464. The summed E-state index contributed by atoms with van der Waals surface area (Å²) in [7, 11) is 0. The molecular formula is C18H28N2O4. The van der Waals surface area contributed by atoms with Gasteiger partial charge in [0.05, 0.1) is 6.42 Å². The highest BCUT2D eigenvalue weighted by Gasteiger charge is 2.50. The van der Waals surface area contributed by atoms with Crippen LogP contribution in [0.3, 0.4) is 0 Å².